The van der Waals surface area contributed by atoms with Crippen LogP contribution in [0.5, 0.6) is 17.2 Å². The molecule has 29 heavy (non-hydrogen) atoms. The number of fused-ring (bicyclic) bond motifs is 3. The van der Waals surface area contributed by atoms with Gasteiger partial charge in [-0.15, -0.1) is 0 Å². The molecule has 1 heterocycles. The van der Waals surface area contributed by atoms with Crippen LogP contribution in [0.15, 0.2) is 64.5 Å². The highest BCUT2D eigenvalue weighted by Gasteiger charge is 2.32. The Morgan fingerprint density at radius 2 is 2.00 bits per heavy atom. The van der Waals surface area contributed by atoms with E-state index in [1.807, 2.05) is 55.5 Å². The zero-order chi connectivity index (χ0) is 20.5. The number of nitrogens with zero attached hydrogens (tertiary/aromatic N) is 1. The number of nitrogens with two attached hydrogens (primary N) is 1. The minimum atomic E-state index is -0.380. The second-order valence-corrected chi connectivity index (χ2v) is 7.45. The van der Waals surface area contributed by atoms with Gasteiger partial charge in [-0.2, -0.15) is 5.26 Å². The van der Waals surface area contributed by atoms with Crippen LogP contribution in [0.1, 0.15) is 24.0 Å². The fourth-order valence-electron chi connectivity index (χ4n) is 3.72. The van der Waals surface area contributed by atoms with E-state index in [0.29, 0.717) is 29.4 Å². The molecule has 0 amide bonds. The number of ether oxygens (including phenoxy) is 3. The van der Waals surface area contributed by atoms with Crippen LogP contribution >= 0.6 is 15.9 Å². The van der Waals surface area contributed by atoms with Crippen molar-refractivity contribution in [1.82, 2.24) is 0 Å². The Labute approximate surface area is 177 Å². The molecule has 0 aliphatic carbocycles. The first-order chi connectivity index (χ1) is 14.1. The predicted molar refractivity (Wildman–Crippen MR) is 115 cm³/mol. The van der Waals surface area contributed by atoms with Crippen LogP contribution < -0.4 is 19.9 Å². The molecule has 1 atom stereocenters. The van der Waals surface area contributed by atoms with E-state index in [2.05, 4.69) is 22.0 Å². The minimum Gasteiger partial charge on any atom is -0.493 e. The number of benzene rings is 3. The third-order valence-electron chi connectivity index (χ3n) is 4.98. The molecule has 146 valence electrons. The predicted octanol–water partition coefficient (Wildman–Crippen LogP) is 5.23. The summed E-state index contributed by atoms with van der Waals surface area (Å²) in [7, 11) is 1.59. The summed E-state index contributed by atoms with van der Waals surface area (Å²) in [5.74, 6) is 1.62. The molecule has 0 bridgehead atoms. The smallest absolute Gasteiger partial charge is 0.205 e. The maximum atomic E-state index is 9.83. The molecule has 0 saturated carbocycles. The number of rotatable bonds is 4. The summed E-state index contributed by atoms with van der Waals surface area (Å²) < 4.78 is 17.9. The van der Waals surface area contributed by atoms with Crippen molar-refractivity contribution in [1.29, 1.82) is 5.26 Å². The molecule has 0 spiro atoms. The molecule has 0 saturated heterocycles. The van der Waals surface area contributed by atoms with E-state index in [0.717, 1.165) is 26.4 Å². The average molecular weight is 451 g/mol. The summed E-state index contributed by atoms with van der Waals surface area (Å²) in [6.07, 6.45) is 0. The lowest BCUT2D eigenvalue weighted by Gasteiger charge is -2.28. The van der Waals surface area contributed by atoms with Crippen LogP contribution in [0, 0.1) is 11.3 Å². The topological polar surface area (TPSA) is 77.5 Å². The molecule has 1 aliphatic rings. The largest absolute Gasteiger partial charge is 0.493 e. The lowest BCUT2D eigenvalue weighted by atomic mass is 9.82. The highest BCUT2D eigenvalue weighted by molar-refractivity contribution is 9.10. The molecule has 4 rings (SSSR count). The maximum absolute atomic E-state index is 9.83. The molecule has 3 aromatic carbocycles. The van der Waals surface area contributed by atoms with Crippen LogP contribution in [-0.2, 0) is 0 Å². The molecule has 0 radical (unpaired) electrons. The molecule has 0 aromatic heterocycles. The first-order valence-electron chi connectivity index (χ1n) is 9.18. The van der Waals surface area contributed by atoms with Gasteiger partial charge in [0.05, 0.1) is 24.1 Å². The van der Waals surface area contributed by atoms with Gasteiger partial charge in [0.25, 0.3) is 0 Å². The Morgan fingerprint density at radius 1 is 1.21 bits per heavy atom. The molecule has 0 fully saturated rings. The van der Waals surface area contributed by atoms with Crippen LogP contribution in [0.25, 0.3) is 10.8 Å². The normalized spacial score (nSPS) is 15.4. The highest BCUT2D eigenvalue weighted by Crippen LogP contribution is 2.48. The van der Waals surface area contributed by atoms with E-state index in [1.54, 1.807) is 7.11 Å². The number of allylic oxidation sites excluding steroid dienone is 1. The Balaban J connectivity index is 1.97. The highest BCUT2D eigenvalue weighted by atomic mass is 79.9. The number of nitriles is 1. The number of methoxy groups -OCH3 is 1. The van der Waals surface area contributed by atoms with Crippen molar-refractivity contribution in [2.75, 3.05) is 13.7 Å². The summed E-state index contributed by atoms with van der Waals surface area (Å²) in [6, 6.07) is 18.0. The molecule has 1 aliphatic heterocycles. The van der Waals surface area contributed by atoms with Gasteiger partial charge in [0, 0.05) is 10.9 Å². The molecule has 0 unspecified atom stereocenters. The van der Waals surface area contributed by atoms with E-state index in [-0.39, 0.29) is 11.8 Å². The van der Waals surface area contributed by atoms with Gasteiger partial charge in [0.2, 0.25) is 5.88 Å². The number of hydrogen-bond acceptors (Lipinski definition) is 5. The Morgan fingerprint density at radius 3 is 2.72 bits per heavy atom. The van der Waals surface area contributed by atoms with Crippen molar-refractivity contribution in [2.24, 2.45) is 5.73 Å². The Bertz CT molecular complexity index is 1180. The van der Waals surface area contributed by atoms with Crippen LogP contribution in [0.3, 0.4) is 0 Å². The van der Waals surface area contributed by atoms with Crippen molar-refractivity contribution in [3.63, 3.8) is 0 Å². The lowest BCUT2D eigenvalue weighted by Crippen LogP contribution is -2.21. The van der Waals surface area contributed by atoms with Crippen molar-refractivity contribution in [3.05, 3.63) is 75.6 Å². The first kappa shape index (κ1) is 19.2. The molecule has 2 N–H and O–H groups in total. The van der Waals surface area contributed by atoms with Gasteiger partial charge in [-0.25, -0.2) is 0 Å². The van der Waals surface area contributed by atoms with Gasteiger partial charge >= 0.3 is 0 Å². The van der Waals surface area contributed by atoms with E-state index in [4.69, 9.17) is 19.9 Å². The first-order valence-corrected chi connectivity index (χ1v) is 9.97. The average Bonchev–Trinajstić information content (AvgIpc) is 2.74. The summed E-state index contributed by atoms with van der Waals surface area (Å²) in [4.78, 5) is 0. The van der Waals surface area contributed by atoms with Crippen molar-refractivity contribution >= 4 is 26.7 Å². The van der Waals surface area contributed by atoms with E-state index < -0.39 is 0 Å². The fourth-order valence-corrected chi connectivity index (χ4v) is 4.29. The third-order valence-corrected chi connectivity index (χ3v) is 5.57. The lowest BCUT2D eigenvalue weighted by molar-refractivity contribution is 0.308. The van der Waals surface area contributed by atoms with Gasteiger partial charge in [-0.1, -0.05) is 36.4 Å². The summed E-state index contributed by atoms with van der Waals surface area (Å²) >= 11 is 3.58. The molecular weight excluding hydrogens is 432 g/mol. The minimum absolute atomic E-state index is 0.116. The standard InChI is InChI=1S/C23H19BrN2O3/c1-3-28-22-18(24)10-14(11-19(22)27-2)20-16-9-8-13-6-4-5-7-15(13)21(16)29-23(26)17(20)12-25/h4-11,20H,3,26H2,1-2H3/t20-/m1/s1. The second kappa shape index (κ2) is 7.69. The second-order valence-electron chi connectivity index (χ2n) is 6.60. The quantitative estimate of drug-likeness (QED) is 0.588. The summed E-state index contributed by atoms with van der Waals surface area (Å²) in [5, 5.41) is 11.8. The van der Waals surface area contributed by atoms with E-state index in [9.17, 15) is 5.26 Å². The molecule has 5 nitrogen and oxygen atoms in total. The Kier molecular flexibility index (Phi) is 5.08. The van der Waals surface area contributed by atoms with E-state index >= 15 is 0 Å². The maximum Gasteiger partial charge on any atom is 0.205 e. The van der Waals surface area contributed by atoms with Gasteiger partial charge < -0.3 is 19.9 Å². The van der Waals surface area contributed by atoms with Gasteiger partial charge in [-0.3, -0.25) is 0 Å². The zero-order valence-corrected chi connectivity index (χ0v) is 17.6. The molecular formula is C23H19BrN2O3. The van der Waals surface area contributed by atoms with Crippen molar-refractivity contribution < 1.29 is 14.2 Å². The number of hydrogen-bond donors (Lipinski definition) is 1. The monoisotopic (exact) mass is 450 g/mol. The van der Waals surface area contributed by atoms with Gasteiger partial charge in [0.15, 0.2) is 11.5 Å². The SMILES string of the molecule is CCOc1c(Br)cc([C@H]2C(C#N)=C(N)Oc3c2ccc2ccccc32)cc1OC. The van der Waals surface area contributed by atoms with Crippen LogP contribution in [0.4, 0.5) is 0 Å². The van der Waals surface area contributed by atoms with Crippen molar-refractivity contribution in [2.45, 2.75) is 12.8 Å². The van der Waals surface area contributed by atoms with Crippen LogP contribution in [0.2, 0.25) is 0 Å². The zero-order valence-electron chi connectivity index (χ0n) is 16.0. The molecule has 6 heteroatoms. The van der Waals surface area contributed by atoms with E-state index in [1.165, 1.54) is 0 Å². The van der Waals surface area contributed by atoms with Gasteiger partial charge in [-0.05, 0) is 45.9 Å². The Hall–Kier alpha value is -3.17. The van der Waals surface area contributed by atoms with Crippen LogP contribution in [-0.4, -0.2) is 13.7 Å². The van der Waals surface area contributed by atoms with Crippen molar-refractivity contribution in [3.8, 4) is 23.3 Å². The third kappa shape index (κ3) is 3.18. The molecule has 3 aromatic rings. The summed E-state index contributed by atoms with van der Waals surface area (Å²) in [6.45, 7) is 2.42. The fraction of sp³-hybridized carbons (Fsp3) is 0.174. The summed E-state index contributed by atoms with van der Waals surface area (Å²) in [5.41, 5.74) is 8.28. The number of halogens is 1. The van der Waals surface area contributed by atoms with Gasteiger partial charge in [0.1, 0.15) is 17.4 Å².